The van der Waals surface area contributed by atoms with Gasteiger partial charge in [0.1, 0.15) is 0 Å². The molecule has 1 aliphatic rings. The van der Waals surface area contributed by atoms with Crippen molar-refractivity contribution in [2.75, 3.05) is 19.7 Å². The van der Waals surface area contributed by atoms with Crippen molar-refractivity contribution in [3.63, 3.8) is 0 Å². The van der Waals surface area contributed by atoms with Gasteiger partial charge in [0.15, 0.2) is 0 Å². The number of aromatic nitrogens is 2. The number of aromatic amines is 1. The van der Waals surface area contributed by atoms with Crippen LogP contribution in [-0.4, -0.2) is 41.9 Å². The van der Waals surface area contributed by atoms with Crippen LogP contribution >= 0.6 is 0 Å². The number of morpholine rings is 1. The third-order valence-electron chi connectivity index (χ3n) is 4.65. The van der Waals surface area contributed by atoms with Crippen LogP contribution in [-0.2, 0) is 22.5 Å². The van der Waals surface area contributed by atoms with E-state index in [9.17, 15) is 9.59 Å². The third kappa shape index (κ3) is 3.52. The molecule has 2 heterocycles. The fraction of sp³-hybridized carbons (Fsp3) is 0.316. The minimum absolute atomic E-state index is 0.0483. The quantitative estimate of drug-likeness (QED) is 0.706. The first-order valence-corrected chi connectivity index (χ1v) is 8.63. The van der Waals surface area contributed by atoms with Gasteiger partial charge in [0.25, 0.3) is 18.6 Å². The van der Waals surface area contributed by atoms with Gasteiger partial charge in [0.05, 0.1) is 12.7 Å². The van der Waals surface area contributed by atoms with Gasteiger partial charge in [0.2, 0.25) is 0 Å². The highest BCUT2D eigenvalue weighted by atomic mass is 16.5. The molecule has 2 aromatic carbocycles. The van der Waals surface area contributed by atoms with Gasteiger partial charge < -0.3 is 9.64 Å². The van der Waals surface area contributed by atoms with Crippen LogP contribution in [0.1, 0.15) is 5.56 Å². The molecule has 134 valence electrons. The molecule has 1 unspecified atom stereocenters. The summed E-state index contributed by atoms with van der Waals surface area (Å²) < 4.78 is 11.8. The zero-order valence-electron chi connectivity index (χ0n) is 14.3. The lowest BCUT2D eigenvalue weighted by molar-refractivity contribution is -0.751. The number of benzene rings is 2. The highest BCUT2D eigenvalue weighted by Crippen LogP contribution is 2.21. The molecule has 1 N–H and O–H groups in total. The summed E-state index contributed by atoms with van der Waals surface area (Å²) in [6.45, 7) is 1.64. The van der Waals surface area contributed by atoms with Gasteiger partial charge in [-0.1, -0.05) is 47.1 Å². The summed E-state index contributed by atoms with van der Waals surface area (Å²) in [6, 6.07) is 14.5. The fourth-order valence-electron chi connectivity index (χ4n) is 3.39. The van der Waals surface area contributed by atoms with Crippen LogP contribution < -0.4 is 10.3 Å². The lowest BCUT2D eigenvalue weighted by Gasteiger charge is -2.32. The number of ether oxygens (including phenoxy) is 1. The summed E-state index contributed by atoms with van der Waals surface area (Å²) in [5, 5.41) is 4.82. The highest BCUT2D eigenvalue weighted by Gasteiger charge is 2.27. The van der Waals surface area contributed by atoms with E-state index in [1.54, 1.807) is 4.90 Å². The largest absolute Gasteiger partial charge is 0.426 e. The number of amides is 1. The number of hydrogen-bond donors (Lipinski definition) is 1. The molecule has 0 spiro atoms. The van der Waals surface area contributed by atoms with E-state index >= 15 is 0 Å². The second-order valence-corrected chi connectivity index (χ2v) is 6.44. The first-order valence-electron chi connectivity index (χ1n) is 8.63. The second kappa shape index (κ2) is 7.13. The fourth-order valence-corrected chi connectivity index (χ4v) is 3.39. The Morgan fingerprint density at radius 2 is 2.08 bits per heavy atom. The molecular formula is C19H20N3O4+. The van der Waals surface area contributed by atoms with Crippen molar-refractivity contribution in [1.29, 1.82) is 0 Å². The zero-order valence-corrected chi connectivity index (χ0v) is 14.3. The van der Waals surface area contributed by atoms with Crippen LogP contribution in [0.2, 0.25) is 0 Å². The number of rotatable bonds is 4. The summed E-state index contributed by atoms with van der Waals surface area (Å²) in [6.07, 6.45) is 1.93. The summed E-state index contributed by atoms with van der Waals surface area (Å²) in [5.41, 5.74) is 0.713. The number of H-pyrrole nitrogens is 1. The molecule has 0 saturated carbocycles. The van der Waals surface area contributed by atoms with Crippen LogP contribution in [0.25, 0.3) is 10.8 Å². The number of nitrogens with one attached hydrogen (secondary N) is 1. The van der Waals surface area contributed by atoms with E-state index in [1.807, 2.05) is 12.1 Å². The van der Waals surface area contributed by atoms with E-state index in [0.29, 0.717) is 19.7 Å². The highest BCUT2D eigenvalue weighted by molar-refractivity contribution is 5.85. The van der Waals surface area contributed by atoms with Gasteiger partial charge >= 0.3 is 5.63 Å². The number of fused-ring (bicyclic) bond motifs is 1. The molecule has 0 aliphatic carbocycles. The molecule has 0 bridgehead atoms. The molecule has 7 heteroatoms. The molecule has 3 aromatic rings. The van der Waals surface area contributed by atoms with Crippen molar-refractivity contribution in [3.05, 3.63) is 64.6 Å². The average molecular weight is 354 g/mol. The lowest BCUT2D eigenvalue weighted by atomic mass is 9.99. The van der Waals surface area contributed by atoms with Crippen molar-refractivity contribution < 1.29 is 18.7 Å². The Labute approximate surface area is 149 Å². The molecule has 1 amide bonds. The second-order valence-electron chi connectivity index (χ2n) is 6.44. The van der Waals surface area contributed by atoms with Crippen molar-refractivity contribution in [3.8, 4) is 0 Å². The van der Waals surface area contributed by atoms with Gasteiger partial charge in [-0.15, -0.1) is 0 Å². The van der Waals surface area contributed by atoms with Crippen LogP contribution in [0.3, 0.4) is 0 Å². The third-order valence-corrected chi connectivity index (χ3v) is 4.65. The first kappa shape index (κ1) is 16.5. The van der Waals surface area contributed by atoms with Gasteiger partial charge in [-0.3, -0.25) is 9.32 Å². The van der Waals surface area contributed by atoms with Crippen LogP contribution in [0.4, 0.5) is 0 Å². The maximum Gasteiger partial charge on any atom is 0.426 e. The predicted molar refractivity (Wildman–Crippen MR) is 93.5 cm³/mol. The first-order chi connectivity index (χ1) is 12.7. The monoisotopic (exact) mass is 354 g/mol. The van der Waals surface area contributed by atoms with Crippen molar-refractivity contribution >= 4 is 16.7 Å². The van der Waals surface area contributed by atoms with Gasteiger partial charge in [0, 0.05) is 19.5 Å². The van der Waals surface area contributed by atoms with Crippen molar-refractivity contribution in [2.24, 2.45) is 0 Å². The molecule has 1 aromatic heterocycles. The standard InChI is InChI=1S/C19H19N3O4/c23-18(12-22-13-19(24)26-20-22)21-8-9-25-16(11-21)10-15-6-3-5-14-4-1-2-7-17(14)15/h1-7,13,16H,8-12H2/p+1. The number of hydrogen-bond acceptors (Lipinski definition) is 4. The van der Waals surface area contributed by atoms with Gasteiger partial charge in [-0.25, -0.2) is 4.79 Å². The summed E-state index contributed by atoms with van der Waals surface area (Å²) >= 11 is 0. The molecular weight excluding hydrogens is 334 g/mol. The zero-order chi connectivity index (χ0) is 17.9. The van der Waals surface area contributed by atoms with Crippen LogP contribution in [0.5, 0.6) is 0 Å². The molecule has 0 radical (unpaired) electrons. The summed E-state index contributed by atoms with van der Waals surface area (Å²) in [5.74, 6) is -0.0710. The molecule has 1 saturated heterocycles. The molecule has 1 aliphatic heterocycles. The number of carbonyl (C=O) groups excluding carboxylic acids is 1. The van der Waals surface area contributed by atoms with Crippen molar-refractivity contribution in [1.82, 2.24) is 10.2 Å². The van der Waals surface area contributed by atoms with Crippen LogP contribution in [0, 0.1) is 0 Å². The minimum Gasteiger partial charge on any atom is -0.374 e. The molecule has 7 nitrogen and oxygen atoms in total. The number of nitrogens with zero attached hydrogens (tertiary/aromatic N) is 2. The maximum atomic E-state index is 12.5. The van der Waals surface area contributed by atoms with Gasteiger partial charge in [-0.05, 0) is 21.6 Å². The average Bonchev–Trinajstić information content (AvgIpc) is 3.07. The maximum absolute atomic E-state index is 12.5. The van der Waals surface area contributed by atoms with E-state index in [4.69, 9.17) is 4.74 Å². The van der Waals surface area contributed by atoms with Gasteiger partial charge in [-0.2, -0.15) is 0 Å². The predicted octanol–water partition coefficient (Wildman–Crippen LogP) is 0.879. The SMILES string of the molecule is O=C(C[n+]1cc(=O)o[nH]1)N1CCOC(Cc2cccc3ccccc23)C1. The molecule has 1 atom stereocenters. The summed E-state index contributed by atoms with van der Waals surface area (Å²) in [4.78, 5) is 25.3. The van der Waals surface area contributed by atoms with E-state index in [-0.39, 0.29) is 18.6 Å². The Bertz CT molecular complexity index is 973. The summed E-state index contributed by atoms with van der Waals surface area (Å²) in [7, 11) is 0. The van der Waals surface area contributed by atoms with Crippen molar-refractivity contribution in [2.45, 2.75) is 19.1 Å². The molecule has 26 heavy (non-hydrogen) atoms. The lowest BCUT2D eigenvalue weighted by Crippen LogP contribution is -2.51. The van der Waals surface area contributed by atoms with E-state index in [1.165, 1.54) is 27.2 Å². The smallest absolute Gasteiger partial charge is 0.374 e. The molecule has 4 rings (SSSR count). The van der Waals surface area contributed by atoms with E-state index in [0.717, 1.165) is 6.42 Å². The minimum atomic E-state index is -0.506. The number of carbonyl (C=O) groups is 1. The van der Waals surface area contributed by atoms with Crippen LogP contribution in [0.15, 0.2) is 58.0 Å². The Balaban J connectivity index is 1.44. The Morgan fingerprint density at radius 3 is 2.92 bits per heavy atom. The molecule has 1 fully saturated rings. The Kier molecular flexibility index (Phi) is 4.53. The van der Waals surface area contributed by atoms with E-state index < -0.39 is 5.63 Å². The Morgan fingerprint density at radius 1 is 1.23 bits per heavy atom. The Hall–Kier alpha value is -2.93. The normalized spacial score (nSPS) is 17.5. The topological polar surface area (TPSA) is 79.4 Å². The van der Waals surface area contributed by atoms with E-state index in [2.05, 4.69) is 40.1 Å².